The molecule has 1 atom stereocenters. The molecule has 1 aromatic heterocycles. The van der Waals surface area contributed by atoms with Crippen LogP contribution in [0.25, 0.3) is 0 Å². The first-order valence-electron chi connectivity index (χ1n) is 5.63. The lowest BCUT2D eigenvalue weighted by molar-refractivity contribution is 0.197. The standard InChI is InChI=1S/C10H14FN3O3S/c1-2-18(15,16)14-4-3-9(7-14)17-10-12-5-8(11)6-13-10/h5-6,9H,2-4,7H2,1H3. The van der Waals surface area contributed by atoms with E-state index in [1.807, 2.05) is 0 Å². The molecule has 0 saturated carbocycles. The van der Waals surface area contributed by atoms with Crippen LogP contribution in [0.2, 0.25) is 0 Å². The monoisotopic (exact) mass is 275 g/mol. The molecule has 0 aromatic carbocycles. The van der Waals surface area contributed by atoms with Crippen molar-refractivity contribution in [3.05, 3.63) is 18.2 Å². The van der Waals surface area contributed by atoms with Crippen LogP contribution in [0.15, 0.2) is 12.4 Å². The van der Waals surface area contributed by atoms with Crippen molar-refractivity contribution in [2.24, 2.45) is 0 Å². The van der Waals surface area contributed by atoms with Crippen LogP contribution in [0, 0.1) is 5.82 Å². The highest BCUT2D eigenvalue weighted by atomic mass is 32.2. The number of halogens is 1. The van der Waals surface area contributed by atoms with E-state index in [2.05, 4.69) is 9.97 Å². The maximum Gasteiger partial charge on any atom is 0.316 e. The molecule has 0 bridgehead atoms. The molecular weight excluding hydrogens is 261 g/mol. The summed E-state index contributed by atoms with van der Waals surface area (Å²) < 4.78 is 42.7. The number of nitrogens with zero attached hydrogens (tertiary/aromatic N) is 3. The summed E-state index contributed by atoms with van der Waals surface area (Å²) in [4.78, 5) is 7.35. The van der Waals surface area contributed by atoms with Crippen LogP contribution >= 0.6 is 0 Å². The predicted molar refractivity (Wildman–Crippen MR) is 62.1 cm³/mol. The molecule has 0 N–H and O–H groups in total. The van der Waals surface area contributed by atoms with E-state index in [1.165, 1.54) is 4.31 Å². The van der Waals surface area contributed by atoms with Gasteiger partial charge >= 0.3 is 6.01 Å². The smallest absolute Gasteiger partial charge is 0.316 e. The predicted octanol–water partition coefficient (Wildman–Crippen LogP) is 0.418. The summed E-state index contributed by atoms with van der Waals surface area (Å²) in [6, 6.07) is 0.0668. The first-order valence-corrected chi connectivity index (χ1v) is 7.24. The summed E-state index contributed by atoms with van der Waals surface area (Å²) in [7, 11) is -3.18. The highest BCUT2D eigenvalue weighted by Gasteiger charge is 2.31. The molecule has 0 aliphatic carbocycles. The van der Waals surface area contributed by atoms with E-state index >= 15 is 0 Å². The van der Waals surface area contributed by atoms with Crippen molar-refractivity contribution in [1.29, 1.82) is 0 Å². The van der Waals surface area contributed by atoms with Gasteiger partial charge < -0.3 is 4.74 Å². The Morgan fingerprint density at radius 3 is 2.78 bits per heavy atom. The van der Waals surface area contributed by atoms with E-state index < -0.39 is 15.8 Å². The molecule has 1 aliphatic rings. The number of aromatic nitrogens is 2. The van der Waals surface area contributed by atoms with Gasteiger partial charge in [-0.05, 0) is 13.3 Å². The van der Waals surface area contributed by atoms with Gasteiger partial charge in [0.25, 0.3) is 0 Å². The normalized spacial score (nSPS) is 21.1. The number of hydrogen-bond donors (Lipinski definition) is 0. The summed E-state index contributed by atoms with van der Waals surface area (Å²) in [5.41, 5.74) is 0. The van der Waals surface area contributed by atoms with E-state index in [0.29, 0.717) is 13.0 Å². The second kappa shape index (κ2) is 5.15. The van der Waals surface area contributed by atoms with Gasteiger partial charge in [-0.2, -0.15) is 4.31 Å². The van der Waals surface area contributed by atoms with Crippen LogP contribution in [0.1, 0.15) is 13.3 Å². The minimum Gasteiger partial charge on any atom is -0.459 e. The second-order valence-electron chi connectivity index (χ2n) is 3.97. The fourth-order valence-electron chi connectivity index (χ4n) is 1.74. The van der Waals surface area contributed by atoms with Crippen LogP contribution in [-0.2, 0) is 10.0 Å². The average Bonchev–Trinajstić information content (AvgIpc) is 2.81. The fraction of sp³-hybridized carbons (Fsp3) is 0.600. The van der Waals surface area contributed by atoms with Gasteiger partial charge in [-0.3, -0.25) is 0 Å². The molecule has 2 heterocycles. The Bertz CT molecular complexity index is 506. The minimum absolute atomic E-state index is 0.0668. The Morgan fingerprint density at radius 1 is 1.50 bits per heavy atom. The summed E-state index contributed by atoms with van der Waals surface area (Å²) in [6.07, 6.45) is 2.33. The van der Waals surface area contributed by atoms with E-state index in [4.69, 9.17) is 4.74 Å². The SMILES string of the molecule is CCS(=O)(=O)N1CCC(Oc2ncc(F)cn2)C1. The number of ether oxygens (including phenoxy) is 1. The van der Waals surface area contributed by atoms with Gasteiger partial charge in [0.1, 0.15) is 6.10 Å². The summed E-state index contributed by atoms with van der Waals surface area (Å²) in [5, 5.41) is 0. The number of hydrogen-bond acceptors (Lipinski definition) is 5. The summed E-state index contributed by atoms with van der Waals surface area (Å²) in [6.45, 7) is 2.32. The van der Waals surface area contributed by atoms with Gasteiger partial charge in [0.15, 0.2) is 5.82 Å². The highest BCUT2D eigenvalue weighted by Crippen LogP contribution is 2.17. The lowest BCUT2D eigenvalue weighted by Gasteiger charge is -2.15. The molecule has 1 unspecified atom stereocenters. The van der Waals surface area contributed by atoms with Gasteiger partial charge in [0, 0.05) is 6.54 Å². The molecule has 18 heavy (non-hydrogen) atoms. The zero-order valence-electron chi connectivity index (χ0n) is 9.91. The topological polar surface area (TPSA) is 72.4 Å². The van der Waals surface area contributed by atoms with Gasteiger partial charge in [0.05, 0.1) is 24.7 Å². The second-order valence-corrected chi connectivity index (χ2v) is 6.23. The van der Waals surface area contributed by atoms with Crippen molar-refractivity contribution in [1.82, 2.24) is 14.3 Å². The van der Waals surface area contributed by atoms with Crippen LogP contribution in [0.5, 0.6) is 6.01 Å². The Hall–Kier alpha value is -1.28. The van der Waals surface area contributed by atoms with Crippen molar-refractivity contribution >= 4 is 10.0 Å². The maximum absolute atomic E-state index is 12.6. The van der Waals surface area contributed by atoms with Crippen LogP contribution in [0.4, 0.5) is 4.39 Å². The minimum atomic E-state index is -3.18. The zero-order chi connectivity index (χ0) is 13.2. The molecule has 1 fully saturated rings. The molecular formula is C10H14FN3O3S. The van der Waals surface area contributed by atoms with Crippen molar-refractivity contribution in [3.8, 4) is 6.01 Å². The largest absolute Gasteiger partial charge is 0.459 e. The molecule has 100 valence electrons. The molecule has 6 nitrogen and oxygen atoms in total. The number of sulfonamides is 1. The van der Waals surface area contributed by atoms with Crippen LogP contribution < -0.4 is 4.74 Å². The summed E-state index contributed by atoms with van der Waals surface area (Å²) >= 11 is 0. The van der Waals surface area contributed by atoms with Gasteiger partial charge in [-0.1, -0.05) is 0 Å². The van der Waals surface area contributed by atoms with Crippen molar-refractivity contribution in [2.75, 3.05) is 18.8 Å². The first kappa shape index (κ1) is 13.2. The zero-order valence-corrected chi connectivity index (χ0v) is 10.7. The molecule has 2 rings (SSSR count). The Balaban J connectivity index is 1.96. The Labute approximate surface area is 105 Å². The van der Waals surface area contributed by atoms with Crippen molar-refractivity contribution < 1.29 is 17.5 Å². The molecule has 8 heteroatoms. The molecule has 0 radical (unpaired) electrons. The first-order chi connectivity index (χ1) is 8.51. The van der Waals surface area contributed by atoms with E-state index in [1.54, 1.807) is 6.92 Å². The van der Waals surface area contributed by atoms with Crippen LogP contribution in [0.3, 0.4) is 0 Å². The molecule has 0 spiro atoms. The van der Waals surface area contributed by atoms with Crippen molar-refractivity contribution in [2.45, 2.75) is 19.4 Å². The Morgan fingerprint density at radius 2 is 2.17 bits per heavy atom. The quantitative estimate of drug-likeness (QED) is 0.796. The molecule has 1 saturated heterocycles. The van der Waals surface area contributed by atoms with E-state index in [0.717, 1.165) is 12.4 Å². The lowest BCUT2D eigenvalue weighted by Crippen LogP contribution is -2.32. The van der Waals surface area contributed by atoms with E-state index in [9.17, 15) is 12.8 Å². The van der Waals surface area contributed by atoms with Gasteiger partial charge in [0.2, 0.25) is 10.0 Å². The highest BCUT2D eigenvalue weighted by molar-refractivity contribution is 7.89. The van der Waals surface area contributed by atoms with Gasteiger partial charge in [-0.25, -0.2) is 22.8 Å². The Kier molecular flexibility index (Phi) is 3.76. The average molecular weight is 275 g/mol. The fourth-order valence-corrected chi connectivity index (χ4v) is 2.88. The molecule has 1 aliphatic heterocycles. The lowest BCUT2D eigenvalue weighted by atomic mass is 10.3. The maximum atomic E-state index is 12.6. The van der Waals surface area contributed by atoms with E-state index in [-0.39, 0.29) is 24.4 Å². The molecule has 0 amide bonds. The molecule has 1 aromatic rings. The summed E-state index contributed by atoms with van der Waals surface area (Å²) in [5.74, 6) is -0.462. The third-order valence-electron chi connectivity index (χ3n) is 2.73. The third kappa shape index (κ3) is 2.94. The van der Waals surface area contributed by atoms with Crippen molar-refractivity contribution in [3.63, 3.8) is 0 Å². The van der Waals surface area contributed by atoms with Crippen LogP contribution in [-0.4, -0.2) is 47.6 Å². The number of rotatable bonds is 4. The third-order valence-corrected chi connectivity index (χ3v) is 4.58. The van der Waals surface area contributed by atoms with Gasteiger partial charge in [-0.15, -0.1) is 0 Å².